The van der Waals surface area contributed by atoms with Gasteiger partial charge in [0.25, 0.3) is 5.91 Å². The fourth-order valence-corrected chi connectivity index (χ4v) is 1.68. The Bertz CT molecular complexity index is 674. The maximum atomic E-state index is 11.2. The van der Waals surface area contributed by atoms with Crippen LogP contribution in [0.25, 0.3) is 0 Å². The van der Waals surface area contributed by atoms with Gasteiger partial charge in [-0.25, -0.2) is 0 Å². The summed E-state index contributed by atoms with van der Waals surface area (Å²) in [5.74, 6) is -1.04. The number of pyridine rings is 2. The number of hydrogen-bond donors (Lipinski definition) is 4. The van der Waals surface area contributed by atoms with Crippen molar-refractivity contribution in [2.75, 3.05) is 0 Å². The number of rotatable bonds is 3. The summed E-state index contributed by atoms with van der Waals surface area (Å²) >= 11 is 0. The number of carbonyl (C=O) groups is 2. The van der Waals surface area contributed by atoms with Crippen LogP contribution in [0.2, 0.25) is 0 Å². The molecular weight excluding hydrogens is 307 g/mol. The summed E-state index contributed by atoms with van der Waals surface area (Å²) in [4.78, 5) is 29.0. The number of nitrogens with zero attached hydrogens (tertiary/aromatic N) is 2. The minimum atomic E-state index is -3.51. The molecule has 22 heavy (non-hydrogen) atoms. The topological polar surface area (TPSA) is 167 Å². The van der Waals surface area contributed by atoms with Gasteiger partial charge in [0.05, 0.1) is 11.1 Å². The van der Waals surface area contributed by atoms with Crippen LogP contribution in [0.5, 0.6) is 0 Å². The Morgan fingerprint density at radius 3 is 1.82 bits per heavy atom. The number of primary amides is 1. The Hall–Kier alpha value is -2.61. The molecule has 2 aromatic heterocycles. The number of hydrogen-bond acceptors (Lipinski definition) is 5. The Labute approximate surface area is 126 Å². The van der Waals surface area contributed by atoms with Crippen LogP contribution in [0.3, 0.4) is 0 Å². The molecule has 2 heterocycles. The lowest BCUT2D eigenvalue weighted by molar-refractivity contribution is 0.0977. The van der Waals surface area contributed by atoms with Crippen LogP contribution in [-0.4, -0.2) is 21.8 Å². The van der Waals surface area contributed by atoms with E-state index in [1.165, 1.54) is 24.7 Å². The molecule has 0 aliphatic heterocycles. The summed E-state index contributed by atoms with van der Waals surface area (Å²) in [5, 5.41) is 1.97. The van der Waals surface area contributed by atoms with E-state index in [1.807, 2.05) is 5.09 Å². The average molecular weight is 322 g/mol. The second kappa shape index (κ2) is 7.99. The summed E-state index contributed by atoms with van der Waals surface area (Å²) < 4.78 is 10.8. The van der Waals surface area contributed by atoms with Crippen molar-refractivity contribution < 1.29 is 14.2 Å². The summed E-state index contributed by atoms with van der Waals surface area (Å²) in [6, 6.07) is 6.38. The van der Waals surface area contributed by atoms with Gasteiger partial charge in [-0.3, -0.25) is 40.2 Å². The lowest BCUT2D eigenvalue weighted by Gasteiger charge is -2.07. The van der Waals surface area contributed by atoms with E-state index < -0.39 is 19.4 Å². The number of nitrogens with one attached hydrogen (secondary N) is 1. The third-order valence-electron chi connectivity index (χ3n) is 2.15. The van der Waals surface area contributed by atoms with Crippen LogP contribution in [0, 0.1) is 0 Å². The molecule has 116 valence electrons. The van der Waals surface area contributed by atoms with Gasteiger partial charge in [0, 0.05) is 24.8 Å². The predicted octanol–water partition coefficient (Wildman–Crippen LogP) is 0.0174. The Morgan fingerprint density at radius 1 is 1.00 bits per heavy atom. The third-order valence-corrected chi connectivity index (χ3v) is 2.70. The molecule has 0 bridgehead atoms. The summed E-state index contributed by atoms with van der Waals surface area (Å²) in [7, 11) is -3.51. The molecule has 0 atom stereocenters. The van der Waals surface area contributed by atoms with Gasteiger partial charge in [-0.15, -0.1) is 0 Å². The van der Waals surface area contributed by atoms with Gasteiger partial charge in [-0.1, -0.05) is 0 Å². The molecule has 0 saturated heterocycles. The van der Waals surface area contributed by atoms with Crippen molar-refractivity contribution in [1.29, 1.82) is 0 Å². The second-order valence-electron chi connectivity index (χ2n) is 4.00. The fourth-order valence-electron chi connectivity index (χ4n) is 1.23. The largest absolute Gasteiger partial charge is 0.366 e. The molecule has 0 spiro atoms. The highest BCUT2D eigenvalue weighted by Gasteiger charge is 2.13. The van der Waals surface area contributed by atoms with Gasteiger partial charge in [-0.05, 0) is 24.3 Å². The normalized spacial score (nSPS) is 10.1. The molecule has 2 rings (SSSR count). The van der Waals surface area contributed by atoms with Crippen LogP contribution in [-0.2, 0) is 4.57 Å². The summed E-state index contributed by atoms with van der Waals surface area (Å²) in [6.45, 7) is 0. The smallest absolute Gasteiger partial charge is 0.300 e. The molecule has 2 aromatic rings. The van der Waals surface area contributed by atoms with Crippen LogP contribution in [0.1, 0.15) is 20.7 Å². The zero-order chi connectivity index (χ0) is 16.6. The number of carbonyl (C=O) groups excluding carboxylic acids is 2. The lowest BCUT2D eigenvalue weighted by Crippen LogP contribution is -2.28. The first-order valence-corrected chi connectivity index (χ1v) is 7.74. The van der Waals surface area contributed by atoms with E-state index in [2.05, 4.69) is 9.97 Å². The molecule has 0 unspecified atom stereocenters. The van der Waals surface area contributed by atoms with Gasteiger partial charge in [0.1, 0.15) is 0 Å². The molecule has 10 heteroatoms. The molecule has 0 saturated carbocycles. The Balaban J connectivity index is 0.000000235. The van der Waals surface area contributed by atoms with Crippen LogP contribution in [0.15, 0.2) is 49.1 Å². The molecule has 0 radical (unpaired) electrons. The zero-order valence-electron chi connectivity index (χ0n) is 11.4. The first kappa shape index (κ1) is 17.4. The SMILES string of the molecule is NC(=O)c1cccnc1.NP(N)(=O)NC(=O)c1cccnc1. The van der Waals surface area contributed by atoms with E-state index in [4.69, 9.17) is 16.7 Å². The standard InChI is InChI=1S/C6H9N4O2P.C6H6N2O/c7-13(8,12)10-6(11)5-2-1-3-9-4-5;7-6(9)5-2-1-3-8-4-5/h1-4H,(H5,7,8,10,11,12);1-4H,(H2,7,9). The quantitative estimate of drug-likeness (QED) is 0.577. The van der Waals surface area contributed by atoms with Crippen molar-refractivity contribution >= 4 is 19.4 Å². The zero-order valence-corrected chi connectivity index (χ0v) is 12.3. The summed E-state index contributed by atoms with van der Waals surface area (Å²) in [5.41, 5.74) is 15.5. The van der Waals surface area contributed by atoms with Crippen molar-refractivity contribution in [3.63, 3.8) is 0 Å². The molecule has 9 nitrogen and oxygen atoms in total. The van der Waals surface area contributed by atoms with Crippen molar-refractivity contribution in [2.45, 2.75) is 0 Å². The van der Waals surface area contributed by atoms with Gasteiger partial charge < -0.3 is 5.73 Å². The minimum Gasteiger partial charge on any atom is -0.366 e. The van der Waals surface area contributed by atoms with Gasteiger partial charge in [0.2, 0.25) is 5.91 Å². The first-order valence-electron chi connectivity index (χ1n) is 5.89. The van der Waals surface area contributed by atoms with Crippen LogP contribution >= 0.6 is 7.59 Å². The Morgan fingerprint density at radius 2 is 1.50 bits per heavy atom. The highest BCUT2D eigenvalue weighted by molar-refractivity contribution is 7.57. The number of aromatic nitrogens is 2. The molecule has 7 N–H and O–H groups in total. The third kappa shape index (κ3) is 6.71. The van der Waals surface area contributed by atoms with E-state index >= 15 is 0 Å². The van der Waals surface area contributed by atoms with Gasteiger partial charge >= 0.3 is 7.59 Å². The van der Waals surface area contributed by atoms with Crippen molar-refractivity contribution in [3.8, 4) is 0 Å². The predicted molar refractivity (Wildman–Crippen MR) is 80.4 cm³/mol. The molecular formula is C12H15N6O3P. The maximum absolute atomic E-state index is 11.2. The molecule has 0 aliphatic carbocycles. The number of amides is 2. The molecule has 0 aliphatic rings. The van der Waals surface area contributed by atoms with E-state index in [0.29, 0.717) is 5.56 Å². The fraction of sp³-hybridized carbons (Fsp3) is 0. The Kier molecular flexibility index (Phi) is 6.33. The highest BCUT2D eigenvalue weighted by Crippen LogP contribution is 2.18. The average Bonchev–Trinajstić information content (AvgIpc) is 2.48. The van der Waals surface area contributed by atoms with E-state index in [-0.39, 0.29) is 5.56 Å². The number of nitrogens with two attached hydrogens (primary N) is 3. The van der Waals surface area contributed by atoms with E-state index in [0.717, 1.165) is 0 Å². The first-order chi connectivity index (χ1) is 10.3. The van der Waals surface area contributed by atoms with E-state index in [1.54, 1.807) is 24.4 Å². The molecule has 0 aromatic carbocycles. The highest BCUT2D eigenvalue weighted by atomic mass is 31.2. The van der Waals surface area contributed by atoms with Gasteiger partial charge in [0.15, 0.2) is 0 Å². The minimum absolute atomic E-state index is 0.263. The monoisotopic (exact) mass is 322 g/mol. The van der Waals surface area contributed by atoms with Crippen molar-refractivity contribution in [1.82, 2.24) is 15.1 Å². The summed E-state index contributed by atoms with van der Waals surface area (Å²) in [6.07, 6.45) is 5.86. The molecule has 2 amide bonds. The van der Waals surface area contributed by atoms with Crippen molar-refractivity contribution in [2.24, 2.45) is 16.7 Å². The second-order valence-corrected chi connectivity index (χ2v) is 5.64. The van der Waals surface area contributed by atoms with E-state index in [9.17, 15) is 14.2 Å². The van der Waals surface area contributed by atoms with Gasteiger partial charge in [-0.2, -0.15) is 0 Å². The molecule has 0 fully saturated rings. The maximum Gasteiger partial charge on any atom is 0.300 e. The van der Waals surface area contributed by atoms with Crippen LogP contribution < -0.4 is 21.8 Å². The van der Waals surface area contributed by atoms with Crippen LogP contribution in [0.4, 0.5) is 0 Å². The van der Waals surface area contributed by atoms with Crippen molar-refractivity contribution in [3.05, 3.63) is 60.2 Å². The lowest BCUT2D eigenvalue weighted by atomic mass is 10.3.